The predicted octanol–water partition coefficient (Wildman–Crippen LogP) is 3.85. The van der Waals surface area contributed by atoms with Gasteiger partial charge in [0.1, 0.15) is 22.3 Å². The van der Waals surface area contributed by atoms with Crippen LogP contribution in [0.5, 0.6) is 0 Å². The van der Waals surface area contributed by atoms with Crippen molar-refractivity contribution >= 4 is 17.3 Å². The van der Waals surface area contributed by atoms with Gasteiger partial charge in [-0.3, -0.25) is 0 Å². The molecule has 0 aliphatic carbocycles. The standard InChI is InChI=1S/C18H24F3NO3S/c1-6-25-16(23)14(20)11-15(21)18(5,22-26(24)17(2,3)4)12-9-7-8-10-13(12)19/h7-11,15,22H,6H2,1-5H3/b14-11-/t15-,18?,26+/m0/s1. The summed E-state index contributed by atoms with van der Waals surface area (Å²) in [7, 11) is 0. The molecule has 0 aromatic heterocycles. The molecule has 1 N–H and O–H groups in total. The van der Waals surface area contributed by atoms with E-state index >= 15 is 4.39 Å². The largest absolute Gasteiger partial charge is 0.598 e. The Kier molecular flexibility index (Phi) is 7.73. The maximum absolute atomic E-state index is 15.0. The average Bonchev–Trinajstić information content (AvgIpc) is 2.54. The second-order valence-corrected chi connectivity index (χ2v) is 8.77. The first kappa shape index (κ1) is 22.5. The summed E-state index contributed by atoms with van der Waals surface area (Å²) in [6.45, 7) is 7.62. The van der Waals surface area contributed by atoms with Crippen LogP contribution >= 0.6 is 0 Å². The van der Waals surface area contributed by atoms with Gasteiger partial charge in [-0.15, -0.1) is 4.72 Å². The van der Waals surface area contributed by atoms with E-state index in [0.29, 0.717) is 6.08 Å². The number of esters is 1. The highest BCUT2D eigenvalue weighted by atomic mass is 32.2. The van der Waals surface area contributed by atoms with Crippen molar-refractivity contribution in [1.29, 1.82) is 0 Å². The number of alkyl halides is 1. The number of rotatable bonds is 7. The Morgan fingerprint density at radius 3 is 2.42 bits per heavy atom. The van der Waals surface area contributed by atoms with Gasteiger partial charge >= 0.3 is 5.97 Å². The van der Waals surface area contributed by atoms with Crippen molar-refractivity contribution in [3.63, 3.8) is 0 Å². The van der Waals surface area contributed by atoms with Crippen LogP contribution in [0.15, 0.2) is 36.2 Å². The molecule has 0 aliphatic rings. The quantitative estimate of drug-likeness (QED) is 0.436. The average molecular weight is 391 g/mol. The van der Waals surface area contributed by atoms with E-state index in [4.69, 9.17) is 0 Å². The van der Waals surface area contributed by atoms with E-state index in [2.05, 4.69) is 9.46 Å². The molecule has 0 saturated heterocycles. The van der Waals surface area contributed by atoms with E-state index in [1.165, 1.54) is 32.0 Å². The maximum atomic E-state index is 15.0. The van der Waals surface area contributed by atoms with Gasteiger partial charge in [-0.2, -0.15) is 4.39 Å². The normalized spacial score (nSPS) is 17.3. The highest BCUT2D eigenvalue weighted by Gasteiger charge is 2.44. The van der Waals surface area contributed by atoms with Crippen LogP contribution in [0.1, 0.15) is 40.2 Å². The molecule has 1 unspecified atom stereocenters. The molecule has 0 heterocycles. The summed E-state index contributed by atoms with van der Waals surface area (Å²) < 4.78 is 62.0. The van der Waals surface area contributed by atoms with E-state index in [1.54, 1.807) is 20.8 Å². The van der Waals surface area contributed by atoms with E-state index in [0.717, 1.165) is 6.07 Å². The van der Waals surface area contributed by atoms with Crippen LogP contribution in [-0.2, 0) is 26.4 Å². The van der Waals surface area contributed by atoms with Gasteiger partial charge < -0.3 is 9.29 Å². The predicted molar refractivity (Wildman–Crippen MR) is 95.5 cm³/mol. The van der Waals surface area contributed by atoms with Crippen LogP contribution in [0, 0.1) is 5.82 Å². The van der Waals surface area contributed by atoms with Gasteiger partial charge in [0.25, 0.3) is 0 Å². The van der Waals surface area contributed by atoms with Crippen molar-refractivity contribution in [2.45, 2.75) is 51.1 Å². The van der Waals surface area contributed by atoms with Crippen LogP contribution in [0.25, 0.3) is 0 Å². The minimum Gasteiger partial charge on any atom is -0.598 e. The smallest absolute Gasteiger partial charge is 0.366 e. The molecule has 8 heteroatoms. The second-order valence-electron chi connectivity index (χ2n) is 6.80. The number of ether oxygens (including phenoxy) is 1. The molecule has 3 atom stereocenters. The summed E-state index contributed by atoms with van der Waals surface area (Å²) in [5.41, 5.74) is -2.02. The van der Waals surface area contributed by atoms with E-state index < -0.39 is 45.4 Å². The third kappa shape index (κ3) is 5.49. The summed E-state index contributed by atoms with van der Waals surface area (Å²) in [4.78, 5) is 11.4. The fourth-order valence-corrected chi connectivity index (χ4v) is 2.96. The first-order valence-corrected chi connectivity index (χ1v) is 9.21. The third-order valence-corrected chi connectivity index (χ3v) is 5.33. The van der Waals surface area contributed by atoms with Crippen molar-refractivity contribution in [2.75, 3.05) is 6.61 Å². The molecule has 0 fully saturated rings. The molecule has 1 rings (SSSR count). The van der Waals surface area contributed by atoms with Crippen LogP contribution in [0.3, 0.4) is 0 Å². The minimum absolute atomic E-state index is 0.0755. The summed E-state index contributed by atoms with van der Waals surface area (Å²) in [5, 5.41) is 0. The fourth-order valence-electron chi connectivity index (χ4n) is 2.05. The highest BCUT2D eigenvalue weighted by Crippen LogP contribution is 2.33. The molecule has 26 heavy (non-hydrogen) atoms. The number of halogens is 3. The zero-order chi connectivity index (χ0) is 20.1. The Balaban J connectivity index is 3.34. The van der Waals surface area contributed by atoms with E-state index in [9.17, 15) is 18.1 Å². The molecule has 0 bridgehead atoms. The number of benzene rings is 1. The molecule has 0 spiro atoms. The molecule has 0 radical (unpaired) electrons. The Hall–Kier alpha value is -1.51. The molecule has 1 aromatic rings. The molecule has 146 valence electrons. The molecule has 0 saturated carbocycles. The van der Waals surface area contributed by atoms with Crippen molar-refractivity contribution in [3.8, 4) is 0 Å². The van der Waals surface area contributed by atoms with Crippen LogP contribution in [-0.4, -0.2) is 28.0 Å². The third-order valence-electron chi connectivity index (χ3n) is 3.61. The van der Waals surface area contributed by atoms with E-state index in [1.807, 2.05) is 0 Å². The van der Waals surface area contributed by atoms with Crippen molar-refractivity contribution in [3.05, 3.63) is 47.5 Å². The highest BCUT2D eigenvalue weighted by molar-refractivity contribution is 7.90. The van der Waals surface area contributed by atoms with Gasteiger partial charge in [0.05, 0.1) is 6.61 Å². The summed E-state index contributed by atoms with van der Waals surface area (Å²) >= 11 is -1.79. The van der Waals surface area contributed by atoms with Gasteiger partial charge in [0, 0.05) is 16.9 Å². The number of hydrogen-bond acceptors (Lipinski definition) is 4. The minimum atomic E-state index is -2.20. The first-order valence-electron chi connectivity index (χ1n) is 8.06. The zero-order valence-corrected chi connectivity index (χ0v) is 16.3. The lowest BCUT2D eigenvalue weighted by molar-refractivity contribution is -0.140. The monoisotopic (exact) mass is 391 g/mol. The first-order chi connectivity index (χ1) is 11.9. The van der Waals surface area contributed by atoms with Gasteiger partial charge in [-0.25, -0.2) is 13.6 Å². The van der Waals surface area contributed by atoms with Crippen LogP contribution < -0.4 is 4.72 Å². The number of carbonyl (C=O) groups excluding carboxylic acids is 1. The number of nitrogens with one attached hydrogen (secondary N) is 1. The molecule has 4 nitrogen and oxygen atoms in total. The SMILES string of the molecule is CCOC(=O)/C(F)=C/[C@H](F)C(C)(N[S@+]([O-])C(C)(C)C)c1ccccc1F. The zero-order valence-electron chi connectivity index (χ0n) is 15.4. The van der Waals surface area contributed by atoms with Gasteiger partial charge in [0.15, 0.2) is 0 Å². The molecular weight excluding hydrogens is 367 g/mol. The van der Waals surface area contributed by atoms with E-state index in [-0.39, 0.29) is 12.2 Å². The lowest BCUT2D eigenvalue weighted by atomic mass is 9.87. The van der Waals surface area contributed by atoms with Crippen LogP contribution in [0.4, 0.5) is 13.2 Å². The molecule has 0 amide bonds. The van der Waals surface area contributed by atoms with Crippen molar-refractivity contribution in [1.82, 2.24) is 4.72 Å². The lowest BCUT2D eigenvalue weighted by Gasteiger charge is -2.36. The van der Waals surface area contributed by atoms with Gasteiger partial charge in [0.2, 0.25) is 5.83 Å². The topological polar surface area (TPSA) is 61.4 Å². The second kappa shape index (κ2) is 8.92. The molecular formula is C18H24F3NO3S. The Morgan fingerprint density at radius 2 is 1.92 bits per heavy atom. The summed E-state index contributed by atoms with van der Waals surface area (Å²) in [5.74, 6) is -3.51. The number of hydrogen-bond donors (Lipinski definition) is 1. The Morgan fingerprint density at radius 1 is 1.35 bits per heavy atom. The van der Waals surface area contributed by atoms with Crippen molar-refractivity contribution in [2.24, 2.45) is 0 Å². The van der Waals surface area contributed by atoms with Gasteiger partial charge in [-0.05, 0) is 46.8 Å². The molecule has 0 aliphatic heterocycles. The Labute approximate surface area is 155 Å². The molecule has 1 aromatic carbocycles. The fraction of sp³-hybridized carbons (Fsp3) is 0.500. The maximum Gasteiger partial charge on any atom is 0.366 e. The lowest BCUT2D eigenvalue weighted by Crippen LogP contribution is -2.54. The van der Waals surface area contributed by atoms with Crippen LogP contribution in [0.2, 0.25) is 0 Å². The van der Waals surface area contributed by atoms with Crippen molar-refractivity contribution < 1.29 is 27.3 Å². The number of carbonyl (C=O) groups is 1. The Bertz CT molecular complexity index is 663. The summed E-state index contributed by atoms with van der Waals surface area (Å²) in [6.07, 6.45) is -1.80. The van der Waals surface area contributed by atoms with Gasteiger partial charge in [-0.1, -0.05) is 18.2 Å². The summed E-state index contributed by atoms with van der Waals surface area (Å²) in [6, 6.07) is 5.33.